The number of anilines is 1. The molecule has 0 amide bonds. The predicted octanol–water partition coefficient (Wildman–Crippen LogP) is 6.35. The number of rotatable bonds is 3. The molecule has 3 aromatic rings. The van der Waals surface area contributed by atoms with Crippen molar-refractivity contribution in [1.29, 1.82) is 0 Å². The van der Waals surface area contributed by atoms with E-state index < -0.39 is 0 Å². The van der Waals surface area contributed by atoms with Crippen LogP contribution in [0.25, 0.3) is 0 Å². The highest BCUT2D eigenvalue weighted by atomic mass is 35.5. The highest BCUT2D eigenvalue weighted by Gasteiger charge is 2.29. The molecule has 0 radical (unpaired) electrons. The minimum Gasteiger partial charge on any atom is -0.257 e. The van der Waals surface area contributed by atoms with Gasteiger partial charge in [-0.25, -0.2) is 0 Å². The van der Waals surface area contributed by atoms with Gasteiger partial charge in [0.05, 0.1) is 27.5 Å². The molecule has 1 atom stereocenters. The number of halogens is 2. The molecule has 3 aromatic carbocycles. The quantitative estimate of drug-likeness (QED) is 0.527. The highest BCUT2D eigenvalue weighted by Crippen LogP contribution is 2.37. The molecule has 124 valence electrons. The zero-order valence-corrected chi connectivity index (χ0v) is 15.0. The summed E-state index contributed by atoms with van der Waals surface area (Å²) in [6, 6.07) is 26.5. The molecule has 25 heavy (non-hydrogen) atoms. The molecule has 0 spiro atoms. The van der Waals surface area contributed by atoms with Gasteiger partial charge in [-0.2, -0.15) is 5.10 Å². The van der Waals surface area contributed by atoms with E-state index in [0.717, 1.165) is 23.4 Å². The van der Waals surface area contributed by atoms with E-state index in [1.165, 1.54) is 5.56 Å². The van der Waals surface area contributed by atoms with Crippen molar-refractivity contribution in [1.82, 2.24) is 0 Å². The van der Waals surface area contributed by atoms with Crippen molar-refractivity contribution < 1.29 is 0 Å². The Balaban J connectivity index is 1.75. The van der Waals surface area contributed by atoms with Gasteiger partial charge in [-0.05, 0) is 35.4 Å². The first-order chi connectivity index (χ1) is 12.2. The lowest BCUT2D eigenvalue weighted by Crippen LogP contribution is -2.18. The topological polar surface area (TPSA) is 15.6 Å². The SMILES string of the molecule is Clc1ccc(C2=NN(c3ccccc3)C(c3ccccc3)C2)cc1Cl. The third-order valence-corrected chi connectivity index (χ3v) is 5.11. The standard InChI is InChI=1S/C21H16Cl2N2/c22-18-12-11-16(13-19(18)23)20-14-21(15-7-3-1-4-8-15)25(24-20)17-9-5-2-6-10-17/h1-13,21H,14H2. The molecule has 0 aliphatic carbocycles. The van der Waals surface area contributed by atoms with Crippen molar-refractivity contribution in [3.63, 3.8) is 0 Å². The maximum Gasteiger partial charge on any atom is 0.0831 e. The lowest BCUT2D eigenvalue weighted by Gasteiger charge is -2.23. The van der Waals surface area contributed by atoms with Gasteiger partial charge in [-0.15, -0.1) is 0 Å². The molecule has 4 heteroatoms. The predicted molar refractivity (Wildman–Crippen MR) is 106 cm³/mol. The molecule has 0 N–H and O–H groups in total. The molecule has 2 nitrogen and oxygen atoms in total. The van der Waals surface area contributed by atoms with Crippen LogP contribution in [-0.4, -0.2) is 5.71 Å². The van der Waals surface area contributed by atoms with Gasteiger partial charge < -0.3 is 0 Å². The first-order valence-corrected chi connectivity index (χ1v) is 8.90. The normalized spacial score (nSPS) is 16.8. The van der Waals surface area contributed by atoms with E-state index in [0.29, 0.717) is 10.0 Å². The summed E-state index contributed by atoms with van der Waals surface area (Å²) in [6.07, 6.45) is 0.816. The number of hydrogen-bond acceptors (Lipinski definition) is 2. The fraction of sp³-hybridized carbons (Fsp3) is 0.0952. The first kappa shape index (κ1) is 16.2. The molecule has 0 saturated heterocycles. The Morgan fingerprint density at radius 1 is 0.800 bits per heavy atom. The summed E-state index contributed by atoms with van der Waals surface area (Å²) in [5.74, 6) is 0. The van der Waals surface area contributed by atoms with E-state index in [2.05, 4.69) is 41.4 Å². The zero-order chi connectivity index (χ0) is 17.2. The minimum absolute atomic E-state index is 0.160. The summed E-state index contributed by atoms with van der Waals surface area (Å²) in [5, 5.41) is 8.11. The molecular weight excluding hydrogens is 351 g/mol. The second-order valence-electron chi connectivity index (χ2n) is 5.99. The van der Waals surface area contributed by atoms with Crippen LogP contribution < -0.4 is 5.01 Å². The summed E-state index contributed by atoms with van der Waals surface area (Å²) in [7, 11) is 0. The van der Waals surface area contributed by atoms with Crippen molar-refractivity contribution in [3.8, 4) is 0 Å². The van der Waals surface area contributed by atoms with Crippen molar-refractivity contribution in [3.05, 3.63) is 100 Å². The Morgan fingerprint density at radius 2 is 1.48 bits per heavy atom. The molecule has 1 aliphatic heterocycles. The van der Waals surface area contributed by atoms with Crippen LogP contribution >= 0.6 is 23.2 Å². The summed E-state index contributed by atoms with van der Waals surface area (Å²) in [5.41, 5.74) is 4.33. The Labute approximate surface area is 157 Å². The summed E-state index contributed by atoms with van der Waals surface area (Å²) < 4.78 is 0. The third-order valence-electron chi connectivity index (χ3n) is 4.37. The summed E-state index contributed by atoms with van der Waals surface area (Å²) >= 11 is 12.3. The number of para-hydroxylation sites is 1. The van der Waals surface area contributed by atoms with Crippen LogP contribution in [0.1, 0.15) is 23.6 Å². The second-order valence-corrected chi connectivity index (χ2v) is 6.80. The van der Waals surface area contributed by atoms with Crippen LogP contribution in [0, 0.1) is 0 Å². The average molecular weight is 367 g/mol. The van der Waals surface area contributed by atoms with E-state index in [1.54, 1.807) is 0 Å². The number of benzene rings is 3. The first-order valence-electron chi connectivity index (χ1n) is 8.14. The molecule has 1 unspecified atom stereocenters. The van der Waals surface area contributed by atoms with Gasteiger partial charge in [0.25, 0.3) is 0 Å². The molecule has 1 aliphatic rings. The van der Waals surface area contributed by atoms with Crippen molar-refractivity contribution in [2.24, 2.45) is 5.10 Å². The third kappa shape index (κ3) is 3.28. The number of nitrogens with zero attached hydrogens (tertiary/aromatic N) is 2. The van der Waals surface area contributed by atoms with Crippen LogP contribution in [-0.2, 0) is 0 Å². The molecule has 0 aromatic heterocycles. The zero-order valence-electron chi connectivity index (χ0n) is 13.4. The van der Waals surface area contributed by atoms with Gasteiger partial charge in [0.15, 0.2) is 0 Å². The van der Waals surface area contributed by atoms with E-state index in [9.17, 15) is 0 Å². The molecule has 1 heterocycles. The monoisotopic (exact) mass is 366 g/mol. The Morgan fingerprint density at radius 3 is 2.16 bits per heavy atom. The fourth-order valence-corrected chi connectivity index (χ4v) is 3.41. The van der Waals surface area contributed by atoms with Crippen molar-refractivity contribution >= 4 is 34.6 Å². The van der Waals surface area contributed by atoms with Crippen LogP contribution in [0.5, 0.6) is 0 Å². The molecule has 0 fully saturated rings. The van der Waals surface area contributed by atoms with E-state index in [4.69, 9.17) is 28.3 Å². The lowest BCUT2D eigenvalue weighted by molar-refractivity contribution is 0.709. The maximum atomic E-state index is 6.20. The molecule has 4 rings (SSSR count). The smallest absolute Gasteiger partial charge is 0.0831 e. The Hall–Kier alpha value is -2.29. The highest BCUT2D eigenvalue weighted by molar-refractivity contribution is 6.42. The molecule has 0 bridgehead atoms. The van der Waals surface area contributed by atoms with E-state index in [-0.39, 0.29) is 6.04 Å². The van der Waals surface area contributed by atoms with E-state index in [1.807, 2.05) is 42.5 Å². The van der Waals surface area contributed by atoms with Crippen LogP contribution in [0.15, 0.2) is 84.0 Å². The van der Waals surface area contributed by atoms with Gasteiger partial charge >= 0.3 is 0 Å². The second kappa shape index (κ2) is 6.91. The van der Waals surface area contributed by atoms with Gasteiger partial charge in [0.1, 0.15) is 0 Å². The van der Waals surface area contributed by atoms with Crippen molar-refractivity contribution in [2.75, 3.05) is 5.01 Å². The van der Waals surface area contributed by atoms with Crippen LogP contribution in [0.2, 0.25) is 10.0 Å². The molecule has 0 saturated carbocycles. The Bertz CT molecular complexity index is 908. The number of hydrogen-bond donors (Lipinski definition) is 0. The molecular formula is C21H16Cl2N2. The summed E-state index contributed by atoms with van der Waals surface area (Å²) in [6.45, 7) is 0. The van der Waals surface area contributed by atoms with Gasteiger partial charge in [-0.1, -0.05) is 77.8 Å². The van der Waals surface area contributed by atoms with Gasteiger partial charge in [-0.3, -0.25) is 5.01 Å². The fourth-order valence-electron chi connectivity index (χ4n) is 3.11. The average Bonchev–Trinajstić information content (AvgIpc) is 3.11. The largest absolute Gasteiger partial charge is 0.257 e. The van der Waals surface area contributed by atoms with Crippen LogP contribution in [0.4, 0.5) is 5.69 Å². The number of hydrazone groups is 1. The van der Waals surface area contributed by atoms with Crippen LogP contribution in [0.3, 0.4) is 0 Å². The van der Waals surface area contributed by atoms with E-state index >= 15 is 0 Å². The van der Waals surface area contributed by atoms with Crippen molar-refractivity contribution in [2.45, 2.75) is 12.5 Å². The maximum absolute atomic E-state index is 6.20. The van der Waals surface area contributed by atoms with Gasteiger partial charge in [0.2, 0.25) is 0 Å². The van der Waals surface area contributed by atoms with Gasteiger partial charge in [0, 0.05) is 6.42 Å². The lowest BCUT2D eigenvalue weighted by atomic mass is 9.98. The Kier molecular flexibility index (Phi) is 4.48. The minimum atomic E-state index is 0.160. The summed E-state index contributed by atoms with van der Waals surface area (Å²) in [4.78, 5) is 0.